The van der Waals surface area contributed by atoms with Crippen molar-refractivity contribution >= 4 is 17.6 Å². The lowest BCUT2D eigenvalue weighted by atomic mass is 10.1. The molecular formula is C13H17ClO4. The van der Waals surface area contributed by atoms with E-state index in [-0.39, 0.29) is 5.97 Å². The summed E-state index contributed by atoms with van der Waals surface area (Å²) in [6, 6.07) is 5.08. The average Bonchev–Trinajstić information content (AvgIpc) is 2.35. The van der Waals surface area contributed by atoms with Crippen LogP contribution in [0.5, 0.6) is 5.75 Å². The van der Waals surface area contributed by atoms with Crippen molar-refractivity contribution in [2.75, 3.05) is 13.7 Å². The Kier molecular flexibility index (Phi) is 5.95. The summed E-state index contributed by atoms with van der Waals surface area (Å²) in [4.78, 5) is 10.9. The summed E-state index contributed by atoms with van der Waals surface area (Å²) < 4.78 is 10.1. The van der Waals surface area contributed by atoms with Gasteiger partial charge in [-0.25, -0.2) is 0 Å². The third kappa shape index (κ3) is 4.55. The van der Waals surface area contributed by atoms with E-state index in [2.05, 4.69) is 4.74 Å². The number of esters is 1. The molecule has 0 aromatic heterocycles. The van der Waals surface area contributed by atoms with Gasteiger partial charge in [0.2, 0.25) is 0 Å². The lowest BCUT2D eigenvalue weighted by Gasteiger charge is -2.13. The van der Waals surface area contributed by atoms with Gasteiger partial charge in [0.25, 0.3) is 0 Å². The Morgan fingerprint density at radius 3 is 2.83 bits per heavy atom. The highest BCUT2D eigenvalue weighted by atomic mass is 35.5. The fraction of sp³-hybridized carbons (Fsp3) is 0.462. The Morgan fingerprint density at radius 2 is 2.22 bits per heavy atom. The Balaban J connectivity index is 2.54. The number of hydrogen-bond donors (Lipinski definition) is 1. The molecule has 0 amide bonds. The summed E-state index contributed by atoms with van der Waals surface area (Å²) in [7, 11) is 1.36. The summed E-state index contributed by atoms with van der Waals surface area (Å²) >= 11 is 5.85. The minimum Gasteiger partial charge on any atom is -0.493 e. The quantitative estimate of drug-likeness (QED) is 0.639. The van der Waals surface area contributed by atoms with Gasteiger partial charge in [-0.15, -0.1) is 0 Å². The highest BCUT2D eigenvalue weighted by molar-refractivity contribution is 6.30. The monoisotopic (exact) mass is 272 g/mol. The lowest BCUT2D eigenvalue weighted by molar-refractivity contribution is -0.140. The predicted molar refractivity (Wildman–Crippen MR) is 68.8 cm³/mol. The molecule has 1 rings (SSSR count). The number of carbonyl (C=O) groups excluding carboxylic acids is 1. The summed E-state index contributed by atoms with van der Waals surface area (Å²) in [5, 5.41) is 10.1. The van der Waals surface area contributed by atoms with Crippen LogP contribution < -0.4 is 4.74 Å². The van der Waals surface area contributed by atoms with Crippen molar-refractivity contribution in [2.45, 2.75) is 25.9 Å². The molecule has 0 radical (unpaired) electrons. The first kappa shape index (κ1) is 14.8. The second-order valence-electron chi connectivity index (χ2n) is 3.89. The topological polar surface area (TPSA) is 55.8 Å². The molecule has 0 aliphatic rings. The van der Waals surface area contributed by atoms with E-state index in [1.165, 1.54) is 7.11 Å². The zero-order chi connectivity index (χ0) is 13.5. The van der Waals surface area contributed by atoms with Crippen LogP contribution in [0.2, 0.25) is 5.02 Å². The first-order valence-electron chi connectivity index (χ1n) is 5.71. The third-order valence-electron chi connectivity index (χ3n) is 2.43. The molecule has 0 aliphatic heterocycles. The van der Waals surface area contributed by atoms with Crippen LogP contribution in [0.1, 0.15) is 31.4 Å². The molecule has 0 aliphatic carbocycles. The molecule has 1 unspecified atom stereocenters. The van der Waals surface area contributed by atoms with Crippen molar-refractivity contribution in [3.05, 3.63) is 28.8 Å². The molecule has 0 bridgehead atoms. The summed E-state index contributed by atoms with van der Waals surface area (Å²) in [6.07, 6.45) is 0.224. The first-order valence-corrected chi connectivity index (χ1v) is 6.09. The van der Waals surface area contributed by atoms with Crippen LogP contribution in [-0.2, 0) is 9.53 Å². The largest absolute Gasteiger partial charge is 0.493 e. The maximum Gasteiger partial charge on any atom is 0.305 e. The first-order chi connectivity index (χ1) is 8.54. The smallest absolute Gasteiger partial charge is 0.305 e. The molecule has 0 saturated carbocycles. The van der Waals surface area contributed by atoms with Gasteiger partial charge in [-0.2, -0.15) is 0 Å². The maximum atomic E-state index is 10.9. The van der Waals surface area contributed by atoms with Gasteiger partial charge in [-0.05, 0) is 31.5 Å². The zero-order valence-electron chi connectivity index (χ0n) is 10.5. The lowest BCUT2D eigenvalue weighted by Crippen LogP contribution is -2.06. The van der Waals surface area contributed by atoms with Crippen LogP contribution in [0.3, 0.4) is 0 Å². The van der Waals surface area contributed by atoms with Crippen LogP contribution in [-0.4, -0.2) is 24.8 Å². The van der Waals surface area contributed by atoms with Gasteiger partial charge in [-0.3, -0.25) is 4.79 Å². The molecule has 1 N–H and O–H groups in total. The van der Waals surface area contributed by atoms with E-state index in [1.807, 2.05) is 0 Å². The molecule has 0 spiro atoms. The number of hydrogen-bond acceptors (Lipinski definition) is 4. The maximum absolute atomic E-state index is 10.9. The molecule has 1 aromatic rings. The van der Waals surface area contributed by atoms with Crippen molar-refractivity contribution in [3.8, 4) is 5.75 Å². The number of ether oxygens (including phenoxy) is 2. The molecule has 4 nitrogen and oxygen atoms in total. The van der Waals surface area contributed by atoms with E-state index in [0.29, 0.717) is 35.8 Å². The van der Waals surface area contributed by atoms with E-state index in [1.54, 1.807) is 25.1 Å². The summed E-state index contributed by atoms with van der Waals surface area (Å²) in [6.45, 7) is 2.03. The van der Waals surface area contributed by atoms with Crippen molar-refractivity contribution in [3.63, 3.8) is 0 Å². The molecule has 18 heavy (non-hydrogen) atoms. The van der Waals surface area contributed by atoms with Crippen molar-refractivity contribution in [1.82, 2.24) is 0 Å². The molecule has 0 fully saturated rings. The summed E-state index contributed by atoms with van der Waals surface area (Å²) in [5.41, 5.74) is 0.639. The fourth-order valence-electron chi connectivity index (χ4n) is 1.48. The molecule has 0 saturated heterocycles. The van der Waals surface area contributed by atoms with Gasteiger partial charge in [0.05, 0.1) is 19.8 Å². The number of carbonyl (C=O) groups is 1. The van der Waals surface area contributed by atoms with Gasteiger partial charge < -0.3 is 14.6 Å². The van der Waals surface area contributed by atoms with Crippen LogP contribution in [0.15, 0.2) is 18.2 Å². The number of halogens is 1. The zero-order valence-corrected chi connectivity index (χ0v) is 11.2. The Bertz CT molecular complexity index is 404. The van der Waals surface area contributed by atoms with E-state index in [4.69, 9.17) is 16.3 Å². The number of rotatable bonds is 6. The average molecular weight is 273 g/mol. The van der Waals surface area contributed by atoms with Gasteiger partial charge in [0.15, 0.2) is 0 Å². The number of benzene rings is 1. The van der Waals surface area contributed by atoms with Crippen LogP contribution in [0, 0.1) is 0 Å². The molecule has 5 heteroatoms. The molecular weight excluding hydrogens is 256 g/mol. The van der Waals surface area contributed by atoms with E-state index < -0.39 is 6.10 Å². The van der Waals surface area contributed by atoms with Gasteiger partial charge in [-0.1, -0.05) is 11.6 Å². The molecule has 1 atom stereocenters. The minimum atomic E-state index is -0.653. The Morgan fingerprint density at radius 1 is 1.50 bits per heavy atom. The van der Waals surface area contributed by atoms with Gasteiger partial charge in [0, 0.05) is 17.0 Å². The SMILES string of the molecule is COC(=O)CCCOc1ccc(Cl)cc1C(C)O. The van der Waals surface area contributed by atoms with E-state index in [9.17, 15) is 9.90 Å². The minimum absolute atomic E-state index is 0.259. The Labute approximate surface area is 111 Å². The second-order valence-corrected chi connectivity index (χ2v) is 4.32. The van der Waals surface area contributed by atoms with Gasteiger partial charge in [0.1, 0.15) is 5.75 Å². The summed E-state index contributed by atoms with van der Waals surface area (Å²) in [5.74, 6) is 0.324. The number of aliphatic hydroxyl groups is 1. The second kappa shape index (κ2) is 7.24. The predicted octanol–water partition coefficient (Wildman–Crippen LogP) is 2.73. The highest BCUT2D eigenvalue weighted by Gasteiger charge is 2.10. The number of methoxy groups -OCH3 is 1. The van der Waals surface area contributed by atoms with Crippen LogP contribution in [0.25, 0.3) is 0 Å². The van der Waals surface area contributed by atoms with Crippen molar-refractivity contribution < 1.29 is 19.4 Å². The van der Waals surface area contributed by atoms with Crippen molar-refractivity contribution in [2.24, 2.45) is 0 Å². The highest BCUT2D eigenvalue weighted by Crippen LogP contribution is 2.28. The normalized spacial score (nSPS) is 12.0. The molecule has 100 valence electrons. The van der Waals surface area contributed by atoms with E-state index in [0.717, 1.165) is 0 Å². The third-order valence-corrected chi connectivity index (χ3v) is 2.67. The molecule has 1 aromatic carbocycles. The Hall–Kier alpha value is -1.26. The molecule has 0 heterocycles. The van der Waals surface area contributed by atoms with Crippen molar-refractivity contribution in [1.29, 1.82) is 0 Å². The van der Waals surface area contributed by atoms with Crippen LogP contribution >= 0.6 is 11.6 Å². The van der Waals surface area contributed by atoms with E-state index >= 15 is 0 Å². The van der Waals surface area contributed by atoms with Crippen LogP contribution in [0.4, 0.5) is 0 Å². The fourth-order valence-corrected chi connectivity index (χ4v) is 1.66. The number of aliphatic hydroxyl groups excluding tert-OH is 1. The standard InChI is InChI=1S/C13H17ClO4/c1-9(15)11-8-10(14)5-6-12(11)18-7-3-4-13(16)17-2/h5-6,8-9,15H,3-4,7H2,1-2H3. The van der Waals surface area contributed by atoms with Gasteiger partial charge >= 0.3 is 5.97 Å².